The minimum Gasteiger partial charge on any atom is -0.508 e. The van der Waals surface area contributed by atoms with Crippen molar-refractivity contribution in [1.82, 2.24) is 30.5 Å². The summed E-state index contributed by atoms with van der Waals surface area (Å²) >= 11 is 0. The number of para-hydroxylation sites is 1. The van der Waals surface area contributed by atoms with Gasteiger partial charge in [-0.15, -0.1) is 11.7 Å². The number of carbonyl (C=O) groups is 5. The maximum absolute atomic E-state index is 16.4. The number of phenols is 1. The number of ether oxygens (including phenoxy) is 2. The standard InChI is InChI=1S/C52H47N7O8/c1-5-28-53-47(61)41-44-49(63)67-45(34-18-10-7-11-19-34)43(33-16-8-6-9-17-33)59(44)46(35-23-25-36(60)26-24-35)52(41)37-30-32(15-14-29-57-40-21-13-12-20-38(40)55-56-57)22-27-39(37)58(50(52)64)51(65)54-42(31(2)3)48(62)66-4/h5-13,16-27,30-31,41-46,60H,1,28-29H2,2-4H3,(H,53,61)(H,54,65)/t41-,42+,43-,44-,45+,46+,52-/m1/s1. The van der Waals surface area contributed by atoms with Gasteiger partial charge in [0, 0.05) is 12.1 Å². The molecule has 67 heavy (non-hydrogen) atoms. The van der Waals surface area contributed by atoms with Gasteiger partial charge in [0.25, 0.3) is 0 Å². The summed E-state index contributed by atoms with van der Waals surface area (Å²) in [6.07, 6.45) is 0.549. The Kier molecular flexibility index (Phi) is 11.9. The molecule has 7 atom stereocenters. The van der Waals surface area contributed by atoms with Crippen molar-refractivity contribution in [3.63, 3.8) is 0 Å². The SMILES string of the molecule is C=CCNC(=O)[C@H]1[C@@H]2C(=O)O[C@@H](c3ccccc3)[C@@H](c3ccccc3)N2[C@@H](c2ccc(O)cc2)[C@]12C(=O)N(C(=O)N[C@H](C(=O)OC)C(C)C)c1ccc(C#CCn3nnc4ccccc43)cc12. The Morgan fingerprint density at radius 1 is 0.896 bits per heavy atom. The zero-order valence-electron chi connectivity index (χ0n) is 36.9. The van der Waals surface area contributed by atoms with Crippen LogP contribution < -0.4 is 15.5 Å². The first-order chi connectivity index (χ1) is 32.5. The normalized spacial score (nSPS) is 22.3. The number of carbonyl (C=O) groups excluding carboxylic acids is 5. The zero-order valence-corrected chi connectivity index (χ0v) is 36.9. The fraction of sp³-hybridized carbons (Fsp3) is 0.250. The van der Waals surface area contributed by atoms with Crippen LogP contribution in [0.15, 0.2) is 140 Å². The van der Waals surface area contributed by atoms with E-state index in [1.54, 1.807) is 48.9 Å². The number of amides is 4. The number of fused-ring (bicyclic) bond motifs is 4. The molecule has 0 unspecified atom stereocenters. The number of hydrogen-bond donors (Lipinski definition) is 3. The molecule has 0 saturated carbocycles. The van der Waals surface area contributed by atoms with Crippen LogP contribution in [0.2, 0.25) is 0 Å². The Hall–Kier alpha value is -8.09. The highest BCUT2D eigenvalue weighted by Crippen LogP contribution is 2.66. The fourth-order valence-electron chi connectivity index (χ4n) is 10.00. The van der Waals surface area contributed by atoms with E-state index in [1.165, 1.54) is 25.3 Å². The predicted molar refractivity (Wildman–Crippen MR) is 247 cm³/mol. The molecule has 3 aliphatic rings. The average Bonchev–Trinajstić information content (AvgIpc) is 3.99. The van der Waals surface area contributed by atoms with Crippen molar-refractivity contribution in [2.75, 3.05) is 18.6 Å². The molecule has 4 amide bonds. The number of esters is 2. The van der Waals surface area contributed by atoms with Crippen molar-refractivity contribution in [2.45, 2.75) is 56.1 Å². The van der Waals surface area contributed by atoms with Gasteiger partial charge in [-0.05, 0) is 70.6 Å². The number of cyclic esters (lactones) is 1. The van der Waals surface area contributed by atoms with E-state index in [-0.39, 0.29) is 30.1 Å². The van der Waals surface area contributed by atoms with E-state index in [9.17, 15) is 14.7 Å². The quantitative estimate of drug-likeness (QED) is 0.0825. The van der Waals surface area contributed by atoms with Crippen molar-refractivity contribution < 1.29 is 38.6 Å². The molecule has 2 fully saturated rings. The lowest BCUT2D eigenvalue weighted by Crippen LogP contribution is -2.57. The van der Waals surface area contributed by atoms with Crippen LogP contribution in [0.25, 0.3) is 11.0 Å². The van der Waals surface area contributed by atoms with Gasteiger partial charge in [0.15, 0.2) is 0 Å². The minimum absolute atomic E-state index is 0.0191. The van der Waals surface area contributed by atoms with Gasteiger partial charge in [0.2, 0.25) is 11.8 Å². The van der Waals surface area contributed by atoms with E-state index in [0.717, 1.165) is 16.0 Å². The molecule has 2 saturated heterocycles. The Balaban J connectivity index is 1.32. The lowest BCUT2D eigenvalue weighted by Gasteiger charge is -2.46. The molecule has 3 aliphatic heterocycles. The van der Waals surface area contributed by atoms with E-state index in [4.69, 9.17) is 9.47 Å². The number of benzene rings is 5. The summed E-state index contributed by atoms with van der Waals surface area (Å²) in [5.74, 6) is 1.29. The van der Waals surface area contributed by atoms with Gasteiger partial charge in [-0.2, -0.15) is 0 Å². The highest BCUT2D eigenvalue weighted by molar-refractivity contribution is 6.25. The molecule has 1 aromatic heterocycles. The number of hydrogen-bond acceptors (Lipinski definition) is 11. The summed E-state index contributed by atoms with van der Waals surface area (Å²) < 4.78 is 13.2. The number of methoxy groups -OCH3 is 1. The molecular weight excluding hydrogens is 851 g/mol. The molecule has 338 valence electrons. The third-order valence-electron chi connectivity index (χ3n) is 12.9. The number of urea groups is 1. The Morgan fingerprint density at radius 2 is 1.58 bits per heavy atom. The number of nitrogens with one attached hydrogen (secondary N) is 2. The smallest absolute Gasteiger partial charge is 0.329 e. The Bertz CT molecular complexity index is 2960. The molecular formula is C52H47N7O8. The number of anilines is 1. The Morgan fingerprint density at radius 3 is 2.27 bits per heavy atom. The van der Waals surface area contributed by atoms with Crippen LogP contribution in [0.1, 0.15) is 59.9 Å². The first-order valence-electron chi connectivity index (χ1n) is 21.9. The van der Waals surface area contributed by atoms with Crippen LogP contribution in [0, 0.1) is 23.7 Å². The predicted octanol–water partition coefficient (Wildman–Crippen LogP) is 6.06. The largest absolute Gasteiger partial charge is 0.508 e. The molecule has 0 aliphatic carbocycles. The van der Waals surface area contributed by atoms with E-state index in [2.05, 4.69) is 39.4 Å². The lowest BCUT2D eigenvalue weighted by molar-refractivity contribution is -0.178. The maximum Gasteiger partial charge on any atom is 0.329 e. The topological polar surface area (TPSA) is 185 Å². The number of morpholine rings is 1. The number of aromatic nitrogens is 3. The summed E-state index contributed by atoms with van der Waals surface area (Å²) in [5.41, 5.74) is 2.00. The molecule has 0 bridgehead atoms. The molecule has 15 heteroatoms. The van der Waals surface area contributed by atoms with Crippen LogP contribution in [0.5, 0.6) is 5.75 Å². The second kappa shape index (κ2) is 18.1. The molecule has 15 nitrogen and oxygen atoms in total. The van der Waals surface area contributed by atoms with Gasteiger partial charge in [0.1, 0.15) is 41.4 Å². The van der Waals surface area contributed by atoms with Crippen molar-refractivity contribution in [1.29, 1.82) is 0 Å². The molecule has 4 heterocycles. The van der Waals surface area contributed by atoms with Gasteiger partial charge in [-0.25, -0.2) is 19.2 Å². The van der Waals surface area contributed by atoms with Crippen molar-refractivity contribution in [2.24, 2.45) is 11.8 Å². The highest BCUT2D eigenvalue weighted by atomic mass is 16.6. The molecule has 0 radical (unpaired) electrons. The van der Waals surface area contributed by atoms with Crippen LogP contribution in [0.4, 0.5) is 10.5 Å². The summed E-state index contributed by atoms with van der Waals surface area (Å²) in [5, 5.41) is 24.8. The van der Waals surface area contributed by atoms with Crippen molar-refractivity contribution in [3.8, 4) is 17.6 Å². The summed E-state index contributed by atoms with van der Waals surface area (Å²) in [7, 11) is 1.21. The second-order valence-electron chi connectivity index (χ2n) is 17.0. The molecule has 9 rings (SSSR count). The third-order valence-corrected chi connectivity index (χ3v) is 12.9. The average molecular weight is 898 g/mol. The van der Waals surface area contributed by atoms with E-state index in [1.807, 2.05) is 89.8 Å². The fourth-order valence-corrected chi connectivity index (χ4v) is 10.00. The summed E-state index contributed by atoms with van der Waals surface area (Å²) in [4.78, 5) is 77.7. The molecule has 5 aromatic carbocycles. The van der Waals surface area contributed by atoms with Gasteiger partial charge < -0.3 is 25.2 Å². The number of rotatable bonds is 10. The molecule has 1 spiro atoms. The van der Waals surface area contributed by atoms with E-state index < -0.39 is 77.3 Å². The van der Waals surface area contributed by atoms with Gasteiger partial charge in [-0.3, -0.25) is 19.3 Å². The summed E-state index contributed by atoms with van der Waals surface area (Å²) in [6.45, 7) is 7.39. The van der Waals surface area contributed by atoms with Crippen molar-refractivity contribution >= 4 is 46.5 Å². The highest BCUT2D eigenvalue weighted by Gasteiger charge is 2.75. The monoisotopic (exact) mass is 897 g/mol. The third kappa shape index (κ3) is 7.54. The van der Waals surface area contributed by atoms with Crippen LogP contribution >= 0.6 is 0 Å². The van der Waals surface area contributed by atoms with Crippen LogP contribution in [-0.4, -0.2) is 80.5 Å². The molecule has 3 N–H and O–H groups in total. The lowest BCUT2D eigenvalue weighted by atomic mass is 9.65. The number of phenolic OH excluding ortho intramolecular Hbond substituents is 1. The molecule has 6 aromatic rings. The van der Waals surface area contributed by atoms with Gasteiger partial charge >= 0.3 is 18.0 Å². The zero-order chi connectivity index (χ0) is 47.0. The minimum atomic E-state index is -2.09. The number of aromatic hydroxyl groups is 1. The van der Waals surface area contributed by atoms with E-state index in [0.29, 0.717) is 22.2 Å². The first-order valence-corrected chi connectivity index (χ1v) is 21.9. The maximum atomic E-state index is 16.4. The first kappa shape index (κ1) is 44.1. The number of nitrogens with zero attached hydrogens (tertiary/aromatic N) is 5. The number of imide groups is 1. The van der Waals surface area contributed by atoms with Crippen molar-refractivity contribution in [3.05, 3.63) is 168 Å². The van der Waals surface area contributed by atoms with Gasteiger partial charge in [0.05, 0.1) is 36.3 Å². The second-order valence-corrected chi connectivity index (χ2v) is 17.0. The van der Waals surface area contributed by atoms with E-state index >= 15 is 14.4 Å². The van der Waals surface area contributed by atoms with Crippen LogP contribution in [0.3, 0.4) is 0 Å². The summed E-state index contributed by atoms with van der Waals surface area (Å²) in [6, 6.07) is 31.7. The Labute approximate surface area is 386 Å². The van der Waals surface area contributed by atoms with Gasteiger partial charge in [-0.1, -0.05) is 122 Å². The van der Waals surface area contributed by atoms with Crippen LogP contribution in [-0.2, 0) is 40.6 Å².